The molecule has 130 valence electrons. The normalized spacial score (nSPS) is 16.5. The van der Waals surface area contributed by atoms with Crippen molar-refractivity contribution in [3.05, 3.63) is 58.1 Å². The number of halogens is 2. The molecule has 1 saturated heterocycles. The molecule has 7 heteroatoms. The van der Waals surface area contributed by atoms with Crippen molar-refractivity contribution in [2.24, 2.45) is 0 Å². The molecule has 0 aromatic heterocycles. The number of benzene rings is 2. The van der Waals surface area contributed by atoms with E-state index in [0.29, 0.717) is 40.0 Å². The van der Waals surface area contributed by atoms with Crippen LogP contribution in [0.1, 0.15) is 23.2 Å². The van der Waals surface area contributed by atoms with Crippen LogP contribution in [0.15, 0.2) is 42.5 Å². The average Bonchev–Trinajstić information content (AvgIpc) is 3.13. The standard InChI is InChI=1S/C18H16Cl2N2O3/c19-14-7-6-13(10-15(14)20)21-17(23)11-3-1-4-12(9-11)22-18(24)16-5-2-8-25-16/h1,3-4,6-7,9-10,16H,2,5,8H2,(H,21,23)(H,22,24)/t16-/m0/s1. The number of anilines is 2. The number of ether oxygens (including phenoxy) is 1. The molecule has 3 rings (SSSR count). The van der Waals surface area contributed by atoms with Gasteiger partial charge in [0.25, 0.3) is 11.8 Å². The molecule has 2 amide bonds. The second-order valence-electron chi connectivity index (χ2n) is 5.65. The first kappa shape index (κ1) is 17.7. The highest BCUT2D eigenvalue weighted by Gasteiger charge is 2.23. The fourth-order valence-electron chi connectivity index (χ4n) is 2.52. The summed E-state index contributed by atoms with van der Waals surface area (Å²) in [6.07, 6.45) is 1.17. The largest absolute Gasteiger partial charge is 0.368 e. The van der Waals surface area contributed by atoms with Crippen LogP contribution >= 0.6 is 23.2 Å². The fraction of sp³-hybridized carbons (Fsp3) is 0.222. The zero-order valence-electron chi connectivity index (χ0n) is 13.2. The summed E-state index contributed by atoms with van der Waals surface area (Å²) in [5.74, 6) is -0.508. The Morgan fingerprint density at radius 1 is 1.00 bits per heavy atom. The Labute approximate surface area is 155 Å². The molecule has 1 aliphatic heterocycles. The lowest BCUT2D eigenvalue weighted by Crippen LogP contribution is -2.27. The second kappa shape index (κ2) is 7.87. The van der Waals surface area contributed by atoms with E-state index in [1.54, 1.807) is 42.5 Å². The molecule has 1 heterocycles. The minimum absolute atomic E-state index is 0.195. The summed E-state index contributed by atoms with van der Waals surface area (Å²) in [4.78, 5) is 24.5. The summed E-state index contributed by atoms with van der Waals surface area (Å²) >= 11 is 11.8. The third-order valence-electron chi connectivity index (χ3n) is 3.79. The van der Waals surface area contributed by atoms with Crippen LogP contribution in [0.25, 0.3) is 0 Å². The summed E-state index contributed by atoms with van der Waals surface area (Å²) in [6, 6.07) is 11.5. The first-order valence-electron chi connectivity index (χ1n) is 7.82. The van der Waals surface area contributed by atoms with Crippen molar-refractivity contribution < 1.29 is 14.3 Å². The van der Waals surface area contributed by atoms with Crippen molar-refractivity contribution >= 4 is 46.4 Å². The van der Waals surface area contributed by atoms with Crippen LogP contribution in [-0.2, 0) is 9.53 Å². The molecule has 0 spiro atoms. The lowest BCUT2D eigenvalue weighted by Gasteiger charge is -2.11. The molecule has 1 fully saturated rings. The maximum absolute atomic E-state index is 12.4. The molecular weight excluding hydrogens is 363 g/mol. The summed E-state index contributed by atoms with van der Waals surface area (Å²) < 4.78 is 5.35. The van der Waals surface area contributed by atoms with Gasteiger partial charge in [-0.3, -0.25) is 9.59 Å². The van der Waals surface area contributed by atoms with E-state index in [-0.39, 0.29) is 11.8 Å². The Hall–Kier alpha value is -2.08. The molecule has 0 bridgehead atoms. The van der Waals surface area contributed by atoms with E-state index in [4.69, 9.17) is 27.9 Å². The van der Waals surface area contributed by atoms with Gasteiger partial charge in [0.1, 0.15) is 6.10 Å². The van der Waals surface area contributed by atoms with Crippen LogP contribution in [0.3, 0.4) is 0 Å². The van der Waals surface area contributed by atoms with Crippen LogP contribution in [0.4, 0.5) is 11.4 Å². The van der Waals surface area contributed by atoms with Gasteiger partial charge in [0.05, 0.1) is 10.0 Å². The first-order valence-corrected chi connectivity index (χ1v) is 8.57. The van der Waals surface area contributed by atoms with Crippen molar-refractivity contribution in [3.63, 3.8) is 0 Å². The van der Waals surface area contributed by atoms with Crippen LogP contribution in [0, 0.1) is 0 Å². The van der Waals surface area contributed by atoms with Crippen molar-refractivity contribution in [1.82, 2.24) is 0 Å². The molecule has 1 atom stereocenters. The predicted molar refractivity (Wildman–Crippen MR) is 98.5 cm³/mol. The molecule has 2 aromatic rings. The van der Waals surface area contributed by atoms with E-state index in [1.165, 1.54) is 0 Å². The molecule has 2 N–H and O–H groups in total. The van der Waals surface area contributed by atoms with Crippen molar-refractivity contribution in [2.75, 3.05) is 17.2 Å². The fourth-order valence-corrected chi connectivity index (χ4v) is 2.82. The van der Waals surface area contributed by atoms with E-state index < -0.39 is 6.10 Å². The molecule has 0 saturated carbocycles. The number of carbonyl (C=O) groups is 2. The van der Waals surface area contributed by atoms with Crippen molar-refractivity contribution in [1.29, 1.82) is 0 Å². The molecule has 2 aromatic carbocycles. The third-order valence-corrected chi connectivity index (χ3v) is 4.53. The number of carbonyl (C=O) groups excluding carboxylic acids is 2. The van der Waals surface area contributed by atoms with E-state index in [0.717, 1.165) is 6.42 Å². The van der Waals surface area contributed by atoms with Crippen LogP contribution in [0.2, 0.25) is 10.0 Å². The molecule has 25 heavy (non-hydrogen) atoms. The summed E-state index contributed by atoms with van der Waals surface area (Å²) in [6.45, 7) is 0.601. The maximum Gasteiger partial charge on any atom is 0.255 e. The van der Waals surface area contributed by atoms with Crippen LogP contribution in [0.5, 0.6) is 0 Å². The van der Waals surface area contributed by atoms with Crippen LogP contribution in [-0.4, -0.2) is 24.5 Å². The highest BCUT2D eigenvalue weighted by Crippen LogP contribution is 2.25. The molecule has 1 aliphatic rings. The molecular formula is C18H16Cl2N2O3. The molecule has 5 nitrogen and oxygen atoms in total. The van der Waals surface area contributed by atoms with Gasteiger partial charge in [0.15, 0.2) is 0 Å². The predicted octanol–water partition coefficient (Wildman–Crippen LogP) is 4.36. The topological polar surface area (TPSA) is 67.4 Å². The monoisotopic (exact) mass is 378 g/mol. The third kappa shape index (κ3) is 4.51. The minimum Gasteiger partial charge on any atom is -0.368 e. The van der Waals surface area contributed by atoms with Gasteiger partial charge in [0, 0.05) is 23.5 Å². The Balaban J connectivity index is 1.68. The van der Waals surface area contributed by atoms with Crippen molar-refractivity contribution in [2.45, 2.75) is 18.9 Å². The van der Waals surface area contributed by atoms with E-state index in [1.807, 2.05) is 0 Å². The first-order chi connectivity index (χ1) is 12.0. The van der Waals surface area contributed by atoms with E-state index >= 15 is 0 Å². The summed E-state index contributed by atoms with van der Waals surface area (Å²) in [5.41, 5.74) is 1.49. The molecule has 0 radical (unpaired) electrons. The van der Waals surface area contributed by atoms with Gasteiger partial charge in [-0.25, -0.2) is 0 Å². The Morgan fingerprint density at radius 2 is 1.80 bits per heavy atom. The van der Waals surface area contributed by atoms with Gasteiger partial charge in [-0.05, 0) is 49.2 Å². The van der Waals surface area contributed by atoms with Crippen LogP contribution < -0.4 is 10.6 Å². The lowest BCUT2D eigenvalue weighted by atomic mass is 10.1. The zero-order valence-corrected chi connectivity index (χ0v) is 14.7. The number of nitrogens with one attached hydrogen (secondary N) is 2. The Morgan fingerprint density at radius 3 is 2.52 bits per heavy atom. The van der Waals surface area contributed by atoms with Gasteiger partial charge in [-0.15, -0.1) is 0 Å². The number of hydrogen-bond donors (Lipinski definition) is 2. The maximum atomic E-state index is 12.4. The quantitative estimate of drug-likeness (QED) is 0.829. The van der Waals surface area contributed by atoms with E-state index in [9.17, 15) is 9.59 Å². The average molecular weight is 379 g/mol. The zero-order chi connectivity index (χ0) is 17.8. The SMILES string of the molecule is O=C(Nc1ccc(Cl)c(Cl)c1)c1cccc(NC(=O)[C@@H]2CCCO2)c1. The van der Waals surface area contributed by atoms with Gasteiger partial charge >= 0.3 is 0 Å². The highest BCUT2D eigenvalue weighted by atomic mass is 35.5. The Kier molecular flexibility index (Phi) is 5.58. The number of rotatable bonds is 4. The summed E-state index contributed by atoms with van der Waals surface area (Å²) in [7, 11) is 0. The second-order valence-corrected chi connectivity index (χ2v) is 6.47. The lowest BCUT2D eigenvalue weighted by molar-refractivity contribution is -0.124. The van der Waals surface area contributed by atoms with Gasteiger partial charge < -0.3 is 15.4 Å². The van der Waals surface area contributed by atoms with E-state index in [2.05, 4.69) is 10.6 Å². The minimum atomic E-state index is -0.423. The highest BCUT2D eigenvalue weighted by molar-refractivity contribution is 6.42. The summed E-state index contributed by atoms with van der Waals surface area (Å²) in [5, 5.41) is 6.29. The Bertz CT molecular complexity index is 805. The van der Waals surface area contributed by atoms with Gasteiger partial charge in [0.2, 0.25) is 0 Å². The molecule has 0 aliphatic carbocycles. The molecule has 0 unspecified atom stereocenters. The van der Waals surface area contributed by atoms with Gasteiger partial charge in [-0.1, -0.05) is 29.3 Å². The van der Waals surface area contributed by atoms with Gasteiger partial charge in [-0.2, -0.15) is 0 Å². The number of hydrogen-bond acceptors (Lipinski definition) is 3. The van der Waals surface area contributed by atoms with Crippen molar-refractivity contribution in [3.8, 4) is 0 Å². The number of amides is 2. The smallest absolute Gasteiger partial charge is 0.255 e.